The minimum Gasteiger partial charge on any atom is -0.493 e. The number of hydrogen-bond acceptors (Lipinski definition) is 5. The first kappa shape index (κ1) is 19.9. The van der Waals surface area contributed by atoms with Crippen molar-refractivity contribution in [3.05, 3.63) is 52.0 Å². The molecule has 26 heavy (non-hydrogen) atoms. The van der Waals surface area contributed by atoms with E-state index in [9.17, 15) is 4.79 Å². The summed E-state index contributed by atoms with van der Waals surface area (Å²) < 4.78 is 15.8. The number of halogens is 2. The second-order valence-electron chi connectivity index (χ2n) is 5.17. The summed E-state index contributed by atoms with van der Waals surface area (Å²) in [5.41, 5.74) is 3.81. The number of rotatable bonds is 7. The lowest BCUT2D eigenvalue weighted by atomic mass is 10.1. The highest BCUT2D eigenvalue weighted by Crippen LogP contribution is 2.28. The maximum Gasteiger partial charge on any atom is 0.277 e. The van der Waals surface area contributed by atoms with Crippen LogP contribution in [0.25, 0.3) is 0 Å². The van der Waals surface area contributed by atoms with Crippen molar-refractivity contribution in [3.63, 3.8) is 0 Å². The lowest BCUT2D eigenvalue weighted by molar-refractivity contribution is -0.123. The Hall–Kier alpha value is -2.44. The lowest BCUT2D eigenvalue weighted by Crippen LogP contribution is -2.25. The second-order valence-corrected chi connectivity index (χ2v) is 6.01. The molecule has 0 aliphatic carbocycles. The van der Waals surface area contributed by atoms with Crippen LogP contribution in [0.1, 0.15) is 12.5 Å². The molecule has 0 saturated carbocycles. The summed E-state index contributed by atoms with van der Waals surface area (Å²) in [5, 5.41) is 4.88. The van der Waals surface area contributed by atoms with Crippen molar-refractivity contribution in [1.29, 1.82) is 0 Å². The predicted molar refractivity (Wildman–Crippen MR) is 102 cm³/mol. The zero-order chi connectivity index (χ0) is 19.1. The molecule has 0 fully saturated rings. The second kappa shape index (κ2) is 9.31. The third-order valence-corrected chi connectivity index (χ3v) is 3.93. The fourth-order valence-corrected chi connectivity index (χ4v) is 2.50. The number of ether oxygens (including phenoxy) is 3. The maximum atomic E-state index is 11.9. The Morgan fingerprint density at radius 1 is 1.04 bits per heavy atom. The summed E-state index contributed by atoms with van der Waals surface area (Å²) in [6.07, 6.45) is 0. The molecule has 0 saturated heterocycles. The molecule has 2 aromatic carbocycles. The normalized spacial score (nSPS) is 11.0. The topological polar surface area (TPSA) is 69.2 Å². The summed E-state index contributed by atoms with van der Waals surface area (Å²) in [4.78, 5) is 11.9. The molecule has 6 nitrogen and oxygen atoms in total. The Morgan fingerprint density at radius 3 is 2.38 bits per heavy atom. The van der Waals surface area contributed by atoms with Gasteiger partial charge in [0, 0.05) is 10.6 Å². The van der Waals surface area contributed by atoms with Gasteiger partial charge >= 0.3 is 0 Å². The molecular formula is C18H18Cl2N2O4. The van der Waals surface area contributed by atoms with Gasteiger partial charge in [-0.25, -0.2) is 5.43 Å². The zero-order valence-corrected chi connectivity index (χ0v) is 16.0. The molecule has 0 unspecified atom stereocenters. The summed E-state index contributed by atoms with van der Waals surface area (Å²) in [5.74, 6) is 1.13. The van der Waals surface area contributed by atoms with E-state index < -0.39 is 5.91 Å². The number of carbonyl (C=O) groups excluding carboxylic acids is 1. The van der Waals surface area contributed by atoms with Crippen molar-refractivity contribution in [1.82, 2.24) is 5.43 Å². The van der Waals surface area contributed by atoms with E-state index in [2.05, 4.69) is 10.5 Å². The molecule has 0 aromatic heterocycles. The van der Waals surface area contributed by atoms with Crippen molar-refractivity contribution < 1.29 is 19.0 Å². The van der Waals surface area contributed by atoms with Crippen LogP contribution >= 0.6 is 23.2 Å². The van der Waals surface area contributed by atoms with Gasteiger partial charge in [-0.3, -0.25) is 4.79 Å². The Labute approximate surface area is 161 Å². The van der Waals surface area contributed by atoms with Gasteiger partial charge in [-0.1, -0.05) is 23.2 Å². The van der Waals surface area contributed by atoms with Gasteiger partial charge in [-0.2, -0.15) is 5.10 Å². The van der Waals surface area contributed by atoms with E-state index in [1.54, 1.807) is 45.4 Å². The molecule has 0 bridgehead atoms. The average molecular weight is 397 g/mol. The van der Waals surface area contributed by atoms with Crippen LogP contribution in [-0.4, -0.2) is 32.4 Å². The first-order valence-electron chi connectivity index (χ1n) is 7.58. The average Bonchev–Trinajstić information content (AvgIpc) is 2.64. The van der Waals surface area contributed by atoms with Gasteiger partial charge in [-0.05, 0) is 43.3 Å². The van der Waals surface area contributed by atoms with Crippen molar-refractivity contribution in [3.8, 4) is 17.2 Å². The number of hydrazone groups is 1. The quantitative estimate of drug-likeness (QED) is 0.568. The van der Waals surface area contributed by atoms with Gasteiger partial charge in [0.15, 0.2) is 18.1 Å². The Bertz CT molecular complexity index is 825. The number of amides is 1. The molecule has 0 aliphatic rings. The minimum absolute atomic E-state index is 0.232. The highest BCUT2D eigenvalue weighted by molar-refractivity contribution is 6.35. The Balaban J connectivity index is 1.96. The fourth-order valence-electron chi connectivity index (χ4n) is 2.04. The van der Waals surface area contributed by atoms with Crippen LogP contribution in [0.15, 0.2) is 41.5 Å². The van der Waals surface area contributed by atoms with E-state index >= 15 is 0 Å². The molecule has 2 aromatic rings. The van der Waals surface area contributed by atoms with E-state index in [-0.39, 0.29) is 6.61 Å². The van der Waals surface area contributed by atoms with Crippen molar-refractivity contribution >= 4 is 34.8 Å². The van der Waals surface area contributed by atoms with E-state index in [0.717, 1.165) is 5.56 Å². The largest absolute Gasteiger partial charge is 0.493 e. The van der Waals surface area contributed by atoms with Crippen molar-refractivity contribution in [2.45, 2.75) is 6.92 Å². The highest BCUT2D eigenvalue weighted by atomic mass is 35.5. The van der Waals surface area contributed by atoms with Crippen LogP contribution in [0.2, 0.25) is 10.0 Å². The molecule has 1 N–H and O–H groups in total. The summed E-state index contributed by atoms with van der Waals surface area (Å²) >= 11 is 11.8. The number of carbonyl (C=O) groups is 1. The summed E-state index contributed by atoms with van der Waals surface area (Å²) in [6.45, 7) is 1.53. The van der Waals surface area contributed by atoms with E-state index in [0.29, 0.717) is 33.0 Å². The van der Waals surface area contributed by atoms with Crippen LogP contribution in [-0.2, 0) is 4.79 Å². The monoisotopic (exact) mass is 396 g/mol. The molecular weight excluding hydrogens is 379 g/mol. The standard InChI is InChI=1S/C18H18Cl2N2O4/c1-11(12-4-6-16(24-2)17(8-12)25-3)21-22-18(23)10-26-15-7-5-13(19)9-14(15)20/h4-9H,10H2,1-3H3,(H,22,23)/b21-11+. The molecule has 2 rings (SSSR count). The number of methoxy groups -OCH3 is 2. The molecule has 138 valence electrons. The van der Waals surface area contributed by atoms with Crippen LogP contribution in [0.4, 0.5) is 0 Å². The minimum atomic E-state index is -0.421. The molecule has 0 aliphatic heterocycles. The van der Waals surface area contributed by atoms with E-state index in [4.69, 9.17) is 37.4 Å². The van der Waals surface area contributed by atoms with Gasteiger partial charge in [0.05, 0.1) is 25.0 Å². The first-order valence-corrected chi connectivity index (χ1v) is 8.33. The third kappa shape index (κ3) is 5.28. The third-order valence-electron chi connectivity index (χ3n) is 3.40. The van der Waals surface area contributed by atoms with Crippen LogP contribution in [0, 0.1) is 0 Å². The maximum absolute atomic E-state index is 11.9. The van der Waals surface area contributed by atoms with Crippen LogP contribution in [0.3, 0.4) is 0 Å². The van der Waals surface area contributed by atoms with Gasteiger partial charge < -0.3 is 14.2 Å². The predicted octanol–water partition coefficient (Wildman–Crippen LogP) is 3.93. The Kier molecular flexibility index (Phi) is 7.12. The smallest absolute Gasteiger partial charge is 0.277 e. The molecule has 0 atom stereocenters. The Morgan fingerprint density at radius 2 is 1.73 bits per heavy atom. The van der Waals surface area contributed by atoms with Gasteiger partial charge in [0.1, 0.15) is 5.75 Å². The number of nitrogens with one attached hydrogen (secondary N) is 1. The molecule has 0 radical (unpaired) electrons. The number of nitrogens with zero attached hydrogens (tertiary/aromatic N) is 1. The highest BCUT2D eigenvalue weighted by Gasteiger charge is 2.08. The number of benzene rings is 2. The van der Waals surface area contributed by atoms with Gasteiger partial charge in [0.2, 0.25) is 0 Å². The zero-order valence-electron chi connectivity index (χ0n) is 14.5. The molecule has 8 heteroatoms. The first-order chi connectivity index (χ1) is 12.4. The van der Waals surface area contributed by atoms with Gasteiger partial charge in [-0.15, -0.1) is 0 Å². The van der Waals surface area contributed by atoms with Crippen molar-refractivity contribution in [2.75, 3.05) is 20.8 Å². The molecule has 1 amide bonds. The summed E-state index contributed by atoms with van der Waals surface area (Å²) in [7, 11) is 3.11. The van der Waals surface area contributed by atoms with Crippen LogP contribution in [0.5, 0.6) is 17.2 Å². The van der Waals surface area contributed by atoms with E-state index in [1.807, 2.05) is 6.07 Å². The molecule has 0 heterocycles. The SMILES string of the molecule is COc1ccc(/C(C)=N/NC(=O)COc2ccc(Cl)cc2Cl)cc1OC. The fraction of sp³-hybridized carbons (Fsp3) is 0.222. The van der Waals surface area contributed by atoms with E-state index in [1.165, 1.54) is 6.07 Å². The van der Waals surface area contributed by atoms with Crippen molar-refractivity contribution in [2.24, 2.45) is 5.10 Å². The van der Waals surface area contributed by atoms with Gasteiger partial charge in [0.25, 0.3) is 5.91 Å². The van der Waals surface area contributed by atoms with Crippen LogP contribution < -0.4 is 19.6 Å². The summed E-state index contributed by atoms with van der Waals surface area (Å²) in [6, 6.07) is 10.1. The lowest BCUT2D eigenvalue weighted by Gasteiger charge is -2.10. The molecule has 0 spiro atoms. The number of hydrogen-bond donors (Lipinski definition) is 1.